The first-order valence-electron chi connectivity index (χ1n) is 6.58. The minimum Gasteiger partial charge on any atom is -0.315 e. The predicted molar refractivity (Wildman–Crippen MR) is 69.4 cm³/mol. The van der Waals surface area contributed by atoms with Gasteiger partial charge in [-0.1, -0.05) is 33.6 Å². The molecule has 0 saturated heterocycles. The predicted octanol–water partition coefficient (Wildman–Crippen LogP) is 2.89. The van der Waals surface area contributed by atoms with Crippen molar-refractivity contribution in [1.82, 2.24) is 10.2 Å². The van der Waals surface area contributed by atoms with Gasteiger partial charge in [0.15, 0.2) is 0 Å². The Bertz CT molecular complexity index is 124. The third-order valence-corrected chi connectivity index (χ3v) is 2.62. The second-order valence-corrected chi connectivity index (χ2v) is 4.83. The van der Waals surface area contributed by atoms with Crippen LogP contribution in [-0.2, 0) is 0 Å². The zero-order valence-electron chi connectivity index (χ0n) is 11.2. The first-order valence-corrected chi connectivity index (χ1v) is 6.58. The lowest BCUT2D eigenvalue weighted by Crippen LogP contribution is -2.23. The molecule has 0 atom stereocenters. The van der Waals surface area contributed by atoms with Gasteiger partial charge in [-0.3, -0.25) is 0 Å². The molecule has 0 aliphatic rings. The van der Waals surface area contributed by atoms with E-state index >= 15 is 0 Å². The summed E-state index contributed by atoms with van der Waals surface area (Å²) in [5.74, 6) is 0. The molecule has 0 aromatic rings. The molecule has 2 heteroatoms. The Morgan fingerprint density at radius 2 is 1.67 bits per heavy atom. The van der Waals surface area contributed by atoms with Crippen molar-refractivity contribution >= 4 is 0 Å². The van der Waals surface area contributed by atoms with Gasteiger partial charge in [0.05, 0.1) is 0 Å². The smallest absolute Gasteiger partial charge is 0.00103 e. The Morgan fingerprint density at radius 1 is 1.00 bits per heavy atom. The first-order chi connectivity index (χ1) is 7.16. The molecular weight excluding hydrogens is 184 g/mol. The summed E-state index contributed by atoms with van der Waals surface area (Å²) in [5, 5.41) is 3.46. The van der Waals surface area contributed by atoms with Crippen molar-refractivity contribution in [1.29, 1.82) is 0 Å². The average molecular weight is 214 g/mol. The molecular formula is C13H30N2. The van der Waals surface area contributed by atoms with Crippen molar-refractivity contribution in [3.63, 3.8) is 0 Å². The molecule has 0 heterocycles. The Kier molecular flexibility index (Phi) is 10.4. The maximum absolute atomic E-state index is 3.46. The standard InChI is InChI=1S/C13H30N2/c1-5-11-15(4)12-9-7-6-8-10-14-13(2)3/h13-14H,5-12H2,1-4H3. The van der Waals surface area contributed by atoms with Gasteiger partial charge in [-0.15, -0.1) is 0 Å². The van der Waals surface area contributed by atoms with E-state index in [9.17, 15) is 0 Å². The van der Waals surface area contributed by atoms with Crippen molar-refractivity contribution in [2.75, 3.05) is 26.7 Å². The van der Waals surface area contributed by atoms with Crippen molar-refractivity contribution in [2.24, 2.45) is 0 Å². The van der Waals surface area contributed by atoms with Gasteiger partial charge in [-0.05, 0) is 45.9 Å². The van der Waals surface area contributed by atoms with E-state index in [4.69, 9.17) is 0 Å². The quantitative estimate of drug-likeness (QED) is 0.563. The van der Waals surface area contributed by atoms with E-state index in [-0.39, 0.29) is 0 Å². The Balaban J connectivity index is 3.04. The van der Waals surface area contributed by atoms with Crippen LogP contribution in [-0.4, -0.2) is 37.6 Å². The van der Waals surface area contributed by atoms with Crippen molar-refractivity contribution in [3.05, 3.63) is 0 Å². The highest BCUT2D eigenvalue weighted by Crippen LogP contribution is 2.01. The third-order valence-electron chi connectivity index (χ3n) is 2.62. The number of hydrogen-bond donors (Lipinski definition) is 1. The topological polar surface area (TPSA) is 15.3 Å². The van der Waals surface area contributed by atoms with Gasteiger partial charge in [0.2, 0.25) is 0 Å². The minimum absolute atomic E-state index is 0.640. The summed E-state index contributed by atoms with van der Waals surface area (Å²) in [5.41, 5.74) is 0. The molecule has 0 radical (unpaired) electrons. The lowest BCUT2D eigenvalue weighted by Gasteiger charge is -2.14. The highest BCUT2D eigenvalue weighted by Gasteiger charge is 1.96. The molecule has 2 nitrogen and oxygen atoms in total. The van der Waals surface area contributed by atoms with Crippen LogP contribution in [0.2, 0.25) is 0 Å². The van der Waals surface area contributed by atoms with Crippen molar-refractivity contribution in [2.45, 2.75) is 58.9 Å². The fourth-order valence-electron chi connectivity index (χ4n) is 1.74. The number of unbranched alkanes of at least 4 members (excludes halogenated alkanes) is 3. The lowest BCUT2D eigenvalue weighted by molar-refractivity contribution is 0.324. The van der Waals surface area contributed by atoms with Crippen LogP contribution < -0.4 is 5.32 Å². The fourth-order valence-corrected chi connectivity index (χ4v) is 1.74. The van der Waals surface area contributed by atoms with Crippen molar-refractivity contribution < 1.29 is 0 Å². The van der Waals surface area contributed by atoms with E-state index in [1.807, 2.05) is 0 Å². The molecule has 0 aromatic carbocycles. The van der Waals surface area contributed by atoms with Crippen molar-refractivity contribution in [3.8, 4) is 0 Å². The SMILES string of the molecule is CCCN(C)CCCCCCNC(C)C. The lowest BCUT2D eigenvalue weighted by atomic mass is 10.2. The molecule has 0 aromatic heterocycles. The van der Waals surface area contributed by atoms with Crippen LogP contribution in [0.4, 0.5) is 0 Å². The third kappa shape index (κ3) is 11.8. The van der Waals surface area contributed by atoms with E-state index < -0.39 is 0 Å². The molecule has 0 spiro atoms. The van der Waals surface area contributed by atoms with E-state index in [1.54, 1.807) is 0 Å². The fraction of sp³-hybridized carbons (Fsp3) is 1.00. The van der Waals surface area contributed by atoms with Gasteiger partial charge < -0.3 is 10.2 Å². The molecule has 0 bridgehead atoms. The summed E-state index contributed by atoms with van der Waals surface area (Å²) in [6, 6.07) is 0.640. The van der Waals surface area contributed by atoms with Crippen LogP contribution >= 0.6 is 0 Å². The largest absolute Gasteiger partial charge is 0.315 e. The highest BCUT2D eigenvalue weighted by atomic mass is 15.1. The van der Waals surface area contributed by atoms with Crippen LogP contribution in [0.5, 0.6) is 0 Å². The molecule has 15 heavy (non-hydrogen) atoms. The first kappa shape index (κ1) is 14.9. The molecule has 0 amide bonds. The van der Waals surface area contributed by atoms with Crippen LogP contribution in [0.1, 0.15) is 52.9 Å². The van der Waals surface area contributed by atoms with Gasteiger partial charge in [0.1, 0.15) is 0 Å². The summed E-state index contributed by atoms with van der Waals surface area (Å²) in [4.78, 5) is 2.44. The molecule has 0 unspecified atom stereocenters. The van der Waals surface area contributed by atoms with E-state index in [1.165, 1.54) is 51.7 Å². The Labute approximate surface area is 96.4 Å². The molecule has 0 aliphatic carbocycles. The van der Waals surface area contributed by atoms with Crippen LogP contribution in [0.3, 0.4) is 0 Å². The number of nitrogens with one attached hydrogen (secondary N) is 1. The van der Waals surface area contributed by atoms with Crippen LogP contribution in [0, 0.1) is 0 Å². The molecule has 0 rings (SSSR count). The van der Waals surface area contributed by atoms with Crippen LogP contribution in [0.15, 0.2) is 0 Å². The Hall–Kier alpha value is -0.0800. The average Bonchev–Trinajstić information content (AvgIpc) is 2.16. The van der Waals surface area contributed by atoms with E-state index in [2.05, 4.69) is 38.0 Å². The molecule has 0 aliphatic heterocycles. The van der Waals surface area contributed by atoms with E-state index in [0.717, 1.165) is 0 Å². The van der Waals surface area contributed by atoms with Gasteiger partial charge in [-0.2, -0.15) is 0 Å². The van der Waals surface area contributed by atoms with Gasteiger partial charge >= 0.3 is 0 Å². The molecule has 0 saturated carbocycles. The second kappa shape index (κ2) is 10.4. The second-order valence-electron chi connectivity index (χ2n) is 4.83. The zero-order chi connectivity index (χ0) is 11.5. The number of nitrogens with zero attached hydrogens (tertiary/aromatic N) is 1. The normalized spacial score (nSPS) is 11.6. The number of rotatable bonds is 10. The number of hydrogen-bond acceptors (Lipinski definition) is 2. The molecule has 1 N–H and O–H groups in total. The molecule has 0 fully saturated rings. The van der Waals surface area contributed by atoms with E-state index in [0.29, 0.717) is 6.04 Å². The maximum atomic E-state index is 3.46. The maximum Gasteiger partial charge on any atom is 0.00103 e. The summed E-state index contributed by atoms with van der Waals surface area (Å²) in [6.45, 7) is 10.4. The summed E-state index contributed by atoms with van der Waals surface area (Å²) in [6.07, 6.45) is 6.72. The minimum atomic E-state index is 0.640. The Morgan fingerprint density at radius 3 is 2.27 bits per heavy atom. The van der Waals surface area contributed by atoms with Crippen LogP contribution in [0.25, 0.3) is 0 Å². The monoisotopic (exact) mass is 214 g/mol. The van der Waals surface area contributed by atoms with Gasteiger partial charge in [0, 0.05) is 6.04 Å². The summed E-state index contributed by atoms with van der Waals surface area (Å²) >= 11 is 0. The van der Waals surface area contributed by atoms with Gasteiger partial charge in [-0.25, -0.2) is 0 Å². The van der Waals surface area contributed by atoms with Gasteiger partial charge in [0.25, 0.3) is 0 Å². The summed E-state index contributed by atoms with van der Waals surface area (Å²) < 4.78 is 0. The zero-order valence-corrected chi connectivity index (χ0v) is 11.2. The highest BCUT2D eigenvalue weighted by molar-refractivity contribution is 4.55. The summed E-state index contributed by atoms with van der Waals surface area (Å²) in [7, 11) is 2.23. The molecule has 92 valence electrons.